The zero-order chi connectivity index (χ0) is 14.9. The van der Waals surface area contributed by atoms with Crippen molar-refractivity contribution in [2.45, 2.75) is 45.1 Å². The minimum absolute atomic E-state index is 0.0412. The highest BCUT2D eigenvalue weighted by Crippen LogP contribution is 2.32. The third kappa shape index (κ3) is 2.35. The van der Waals surface area contributed by atoms with E-state index in [0.717, 1.165) is 29.5 Å². The molecule has 0 aliphatic heterocycles. The fraction of sp³-hybridized carbons (Fsp3) is 0.467. The molecular formula is C15H17N5OS. The molecule has 0 unspecified atom stereocenters. The Morgan fingerprint density at radius 3 is 2.86 bits per heavy atom. The zero-order valence-corrected chi connectivity index (χ0v) is 13.0. The Labute approximate surface area is 131 Å². The number of thiophene rings is 1. The highest BCUT2D eigenvalue weighted by atomic mass is 32.1. The first-order chi connectivity index (χ1) is 10.8. The van der Waals surface area contributed by atoms with Gasteiger partial charge in [0.15, 0.2) is 0 Å². The Morgan fingerprint density at radius 1 is 1.18 bits per heavy atom. The fourth-order valence-electron chi connectivity index (χ4n) is 3.12. The minimum Gasteiger partial charge on any atom is -0.291 e. The second-order valence-corrected chi connectivity index (χ2v) is 6.79. The first-order valence-corrected chi connectivity index (χ1v) is 8.48. The number of fused-ring (bicyclic) bond motifs is 3. The number of H-pyrrole nitrogens is 1. The molecule has 4 rings (SSSR count). The Bertz CT molecular complexity index is 849. The van der Waals surface area contributed by atoms with Gasteiger partial charge < -0.3 is 0 Å². The lowest BCUT2D eigenvalue weighted by Gasteiger charge is -2.09. The van der Waals surface area contributed by atoms with E-state index in [1.807, 2.05) is 0 Å². The highest BCUT2D eigenvalue weighted by molar-refractivity contribution is 7.18. The summed E-state index contributed by atoms with van der Waals surface area (Å²) < 4.78 is 1.62. The summed E-state index contributed by atoms with van der Waals surface area (Å²) in [6, 6.07) is 0. The van der Waals surface area contributed by atoms with E-state index in [0.29, 0.717) is 12.4 Å². The second-order valence-electron chi connectivity index (χ2n) is 5.71. The molecule has 1 N–H and O–H groups in total. The van der Waals surface area contributed by atoms with Crippen LogP contribution in [-0.2, 0) is 19.4 Å². The number of hydrogen-bond donors (Lipinski definition) is 1. The van der Waals surface area contributed by atoms with Crippen molar-refractivity contribution in [1.29, 1.82) is 0 Å². The molecule has 7 heteroatoms. The van der Waals surface area contributed by atoms with Crippen LogP contribution in [-0.4, -0.2) is 24.7 Å². The summed E-state index contributed by atoms with van der Waals surface area (Å²) in [4.78, 5) is 23.7. The Hall–Kier alpha value is -2.02. The van der Waals surface area contributed by atoms with Crippen LogP contribution >= 0.6 is 11.3 Å². The molecule has 0 saturated carbocycles. The maximum absolute atomic E-state index is 12.9. The lowest BCUT2D eigenvalue weighted by Crippen LogP contribution is -2.22. The summed E-state index contributed by atoms with van der Waals surface area (Å²) in [6.45, 7) is 0.381. The summed E-state index contributed by atoms with van der Waals surface area (Å²) >= 11 is 1.69. The van der Waals surface area contributed by atoms with E-state index in [1.165, 1.54) is 36.0 Å². The summed E-state index contributed by atoms with van der Waals surface area (Å²) in [7, 11) is 0. The molecule has 0 spiro atoms. The summed E-state index contributed by atoms with van der Waals surface area (Å²) in [5.41, 5.74) is 1.28. The number of aromatic amines is 1. The van der Waals surface area contributed by atoms with Gasteiger partial charge in [0.2, 0.25) is 0 Å². The molecule has 114 valence electrons. The van der Waals surface area contributed by atoms with Gasteiger partial charge in [-0.15, -0.1) is 11.3 Å². The average Bonchev–Trinajstić information content (AvgIpc) is 3.10. The monoisotopic (exact) mass is 315 g/mol. The Morgan fingerprint density at radius 2 is 2.05 bits per heavy atom. The van der Waals surface area contributed by atoms with Gasteiger partial charge in [-0.05, 0) is 31.2 Å². The zero-order valence-electron chi connectivity index (χ0n) is 12.2. The van der Waals surface area contributed by atoms with E-state index in [4.69, 9.17) is 0 Å². The van der Waals surface area contributed by atoms with Crippen molar-refractivity contribution in [3.8, 4) is 0 Å². The van der Waals surface area contributed by atoms with Crippen molar-refractivity contribution in [2.75, 3.05) is 0 Å². The van der Waals surface area contributed by atoms with E-state index in [2.05, 4.69) is 20.2 Å². The molecule has 1 aliphatic carbocycles. The quantitative estimate of drug-likeness (QED) is 0.787. The largest absolute Gasteiger partial charge is 0.291 e. The van der Waals surface area contributed by atoms with Gasteiger partial charge in [-0.25, -0.2) is 9.97 Å². The normalized spacial score (nSPS) is 15.5. The molecule has 0 aromatic carbocycles. The van der Waals surface area contributed by atoms with Crippen molar-refractivity contribution in [3.63, 3.8) is 0 Å². The van der Waals surface area contributed by atoms with Crippen LogP contribution in [0.5, 0.6) is 0 Å². The topological polar surface area (TPSA) is 76.5 Å². The van der Waals surface area contributed by atoms with Gasteiger partial charge in [0.25, 0.3) is 5.56 Å². The van der Waals surface area contributed by atoms with Gasteiger partial charge in [0.1, 0.15) is 17.0 Å². The van der Waals surface area contributed by atoms with Crippen molar-refractivity contribution < 1.29 is 0 Å². The molecule has 0 amide bonds. The van der Waals surface area contributed by atoms with Crippen LogP contribution in [0.25, 0.3) is 10.2 Å². The molecule has 3 aromatic rings. The van der Waals surface area contributed by atoms with Crippen LogP contribution in [0.3, 0.4) is 0 Å². The molecular weight excluding hydrogens is 298 g/mol. The van der Waals surface area contributed by atoms with Gasteiger partial charge >= 0.3 is 0 Å². The number of rotatable bonds is 2. The van der Waals surface area contributed by atoms with Crippen LogP contribution < -0.4 is 5.56 Å². The van der Waals surface area contributed by atoms with E-state index in [1.54, 1.807) is 22.2 Å². The molecule has 6 nitrogen and oxygen atoms in total. The lowest BCUT2D eigenvalue weighted by atomic mass is 9.98. The van der Waals surface area contributed by atoms with E-state index < -0.39 is 0 Å². The molecule has 3 heterocycles. The molecule has 22 heavy (non-hydrogen) atoms. The highest BCUT2D eigenvalue weighted by Gasteiger charge is 2.18. The first kappa shape index (κ1) is 13.6. The third-order valence-corrected chi connectivity index (χ3v) is 5.43. The van der Waals surface area contributed by atoms with Gasteiger partial charge in [-0.2, -0.15) is 5.10 Å². The third-order valence-electron chi connectivity index (χ3n) is 4.23. The molecule has 0 fully saturated rings. The van der Waals surface area contributed by atoms with Crippen molar-refractivity contribution in [3.05, 3.63) is 39.3 Å². The molecule has 0 atom stereocenters. The van der Waals surface area contributed by atoms with E-state index in [9.17, 15) is 4.79 Å². The van der Waals surface area contributed by atoms with Crippen LogP contribution in [0.1, 0.15) is 41.9 Å². The van der Waals surface area contributed by atoms with Crippen molar-refractivity contribution >= 4 is 21.6 Å². The molecule has 0 saturated heterocycles. The van der Waals surface area contributed by atoms with Gasteiger partial charge in [0.05, 0.1) is 18.3 Å². The van der Waals surface area contributed by atoms with Crippen LogP contribution in [0, 0.1) is 0 Å². The minimum atomic E-state index is 0.0412. The van der Waals surface area contributed by atoms with E-state index in [-0.39, 0.29) is 5.56 Å². The summed E-state index contributed by atoms with van der Waals surface area (Å²) in [5, 5.41) is 7.44. The SMILES string of the molecule is O=c1c2c3c(sc2ncn1Cc1ncn[nH]1)CCCCCC3. The Balaban J connectivity index is 1.83. The molecule has 1 aliphatic rings. The smallest absolute Gasteiger partial charge is 0.262 e. The lowest BCUT2D eigenvalue weighted by molar-refractivity contribution is 0.623. The van der Waals surface area contributed by atoms with Crippen LogP contribution in [0.15, 0.2) is 17.4 Å². The molecule has 3 aromatic heterocycles. The number of nitrogens with one attached hydrogen (secondary N) is 1. The van der Waals surface area contributed by atoms with E-state index >= 15 is 0 Å². The predicted molar refractivity (Wildman–Crippen MR) is 85.2 cm³/mol. The summed E-state index contributed by atoms with van der Waals surface area (Å²) in [5.74, 6) is 0.668. The molecule has 0 radical (unpaired) electrons. The van der Waals surface area contributed by atoms with Gasteiger partial charge in [-0.1, -0.05) is 12.8 Å². The number of aromatic nitrogens is 5. The van der Waals surface area contributed by atoms with Crippen molar-refractivity contribution in [2.24, 2.45) is 0 Å². The van der Waals surface area contributed by atoms with Gasteiger partial charge in [0, 0.05) is 4.88 Å². The molecule has 0 bridgehead atoms. The fourth-order valence-corrected chi connectivity index (χ4v) is 4.34. The average molecular weight is 315 g/mol. The number of hydrogen-bond acceptors (Lipinski definition) is 5. The van der Waals surface area contributed by atoms with Crippen LogP contribution in [0.4, 0.5) is 0 Å². The standard InChI is InChI=1S/C15H17N5OS/c21-15-13-10-5-3-1-2-4-6-11(10)22-14(13)17-9-20(15)7-12-16-8-18-19-12/h8-9H,1-7H2,(H,16,18,19). The predicted octanol–water partition coefficient (Wildman–Crippen LogP) is 2.28. The van der Waals surface area contributed by atoms with Crippen LogP contribution in [0.2, 0.25) is 0 Å². The summed E-state index contributed by atoms with van der Waals surface area (Å²) in [6.07, 6.45) is 10.1. The van der Waals surface area contributed by atoms with Crippen molar-refractivity contribution in [1.82, 2.24) is 24.7 Å². The second kappa shape index (κ2) is 5.64. The van der Waals surface area contributed by atoms with Gasteiger partial charge in [-0.3, -0.25) is 14.5 Å². The maximum Gasteiger partial charge on any atom is 0.262 e. The number of aryl methyl sites for hydroxylation is 2. The maximum atomic E-state index is 12.9. The number of nitrogens with zero attached hydrogens (tertiary/aromatic N) is 4. The Kier molecular flexibility index (Phi) is 3.49. The first-order valence-electron chi connectivity index (χ1n) is 7.67.